The Morgan fingerprint density at radius 2 is 1.53 bits per heavy atom. The first-order valence-corrected chi connectivity index (χ1v) is 9.99. The Balaban J connectivity index is 1.84. The van der Waals surface area contributed by atoms with Gasteiger partial charge in [-0.1, -0.05) is 36.4 Å². The molecule has 0 saturated heterocycles. The van der Waals surface area contributed by atoms with Gasteiger partial charge >= 0.3 is 0 Å². The second-order valence-electron chi connectivity index (χ2n) is 7.76. The maximum atomic E-state index is 11.1. The monoisotopic (exact) mass is 398 g/mol. The van der Waals surface area contributed by atoms with Crippen LogP contribution in [0.2, 0.25) is 0 Å². The minimum Gasteiger partial charge on any atom is -0.505 e. The zero-order valence-corrected chi connectivity index (χ0v) is 17.7. The van der Waals surface area contributed by atoms with Crippen molar-refractivity contribution >= 4 is 22.4 Å². The number of aryl methyl sites for hydroxylation is 2. The Kier molecular flexibility index (Phi) is 5.27. The molecule has 2 aromatic heterocycles. The molecule has 0 amide bonds. The van der Waals surface area contributed by atoms with Gasteiger partial charge in [0.1, 0.15) is 17.1 Å². The molecule has 2 N–H and O–H groups in total. The lowest BCUT2D eigenvalue weighted by molar-refractivity contribution is 0.471. The Hall–Kier alpha value is -3.60. The van der Waals surface area contributed by atoms with Crippen molar-refractivity contribution in [1.82, 2.24) is 9.97 Å². The van der Waals surface area contributed by atoms with Gasteiger partial charge in [-0.3, -0.25) is 0 Å². The molecular weight excluding hydrogens is 372 g/mol. The maximum absolute atomic E-state index is 11.1. The minimum absolute atomic E-state index is 0.193. The first-order valence-electron chi connectivity index (χ1n) is 9.99. The number of nitrogens with zero attached hydrogens (tertiary/aromatic N) is 3. The molecule has 0 aliphatic heterocycles. The Morgan fingerprint density at radius 3 is 2.23 bits per heavy atom. The number of aromatic nitrogens is 2. The zero-order valence-electron chi connectivity index (χ0n) is 17.7. The van der Waals surface area contributed by atoms with Gasteiger partial charge in [-0.15, -0.1) is 0 Å². The molecule has 0 aliphatic carbocycles. The van der Waals surface area contributed by atoms with Crippen LogP contribution in [0, 0.1) is 13.8 Å². The Morgan fingerprint density at radius 1 is 0.833 bits per heavy atom. The molecule has 2 aromatic carbocycles. The SMILES string of the molecule is Cc1cccc(N[C@@H](c2ccc(N(C)C)cc2)c2ccc3ccc(C)nc3c2O)n1. The standard InChI is InChI=1S/C25H26N4O/c1-16-6-5-7-22(26-16)28-23(18-10-13-20(14-11-18)29(3)4)21-15-12-19-9-8-17(2)27-24(19)25(21)30/h5-15,23,30H,1-4H3,(H,26,28)/t23-/m0/s1. The van der Waals surface area contributed by atoms with Gasteiger partial charge < -0.3 is 15.3 Å². The Bertz CT molecular complexity index is 1190. The molecule has 152 valence electrons. The van der Waals surface area contributed by atoms with Crippen molar-refractivity contribution in [2.45, 2.75) is 19.9 Å². The molecule has 0 spiro atoms. The van der Waals surface area contributed by atoms with Crippen molar-refractivity contribution in [3.63, 3.8) is 0 Å². The lowest BCUT2D eigenvalue weighted by atomic mass is 9.95. The van der Waals surface area contributed by atoms with E-state index in [9.17, 15) is 5.11 Å². The summed E-state index contributed by atoms with van der Waals surface area (Å²) in [6.07, 6.45) is 0. The molecular formula is C25H26N4O. The molecule has 2 heterocycles. The van der Waals surface area contributed by atoms with Crippen molar-refractivity contribution < 1.29 is 5.11 Å². The van der Waals surface area contributed by atoms with E-state index in [0.29, 0.717) is 5.52 Å². The number of phenolic OH excluding ortho intramolecular Hbond substituents is 1. The van der Waals surface area contributed by atoms with E-state index in [1.807, 2.05) is 70.4 Å². The van der Waals surface area contributed by atoms with Crippen LogP contribution in [-0.2, 0) is 0 Å². The number of nitrogens with one attached hydrogen (secondary N) is 1. The highest BCUT2D eigenvalue weighted by Crippen LogP contribution is 2.36. The number of hydrogen-bond acceptors (Lipinski definition) is 5. The number of fused-ring (bicyclic) bond motifs is 1. The van der Waals surface area contributed by atoms with Gasteiger partial charge in [0, 0.05) is 42.1 Å². The summed E-state index contributed by atoms with van der Waals surface area (Å²) >= 11 is 0. The highest BCUT2D eigenvalue weighted by atomic mass is 16.3. The molecule has 1 atom stereocenters. The van der Waals surface area contributed by atoms with Crippen molar-refractivity contribution in [1.29, 1.82) is 0 Å². The van der Waals surface area contributed by atoms with Gasteiger partial charge in [0.2, 0.25) is 0 Å². The molecule has 0 aliphatic rings. The van der Waals surface area contributed by atoms with Crippen molar-refractivity contribution in [3.8, 4) is 5.75 Å². The topological polar surface area (TPSA) is 61.3 Å². The fourth-order valence-electron chi connectivity index (χ4n) is 3.60. The third-order valence-electron chi connectivity index (χ3n) is 5.24. The van der Waals surface area contributed by atoms with Crippen LogP contribution in [0.1, 0.15) is 28.6 Å². The average molecular weight is 399 g/mol. The van der Waals surface area contributed by atoms with E-state index in [1.165, 1.54) is 0 Å². The fourth-order valence-corrected chi connectivity index (χ4v) is 3.60. The molecule has 4 rings (SSSR count). The second-order valence-corrected chi connectivity index (χ2v) is 7.76. The van der Waals surface area contributed by atoms with Crippen molar-refractivity contribution in [2.24, 2.45) is 0 Å². The molecule has 0 bridgehead atoms. The predicted octanol–water partition coefficient (Wildman–Crippen LogP) is 5.22. The van der Waals surface area contributed by atoms with Crippen LogP contribution in [0.4, 0.5) is 11.5 Å². The summed E-state index contributed by atoms with van der Waals surface area (Å²) in [6.45, 7) is 3.89. The molecule has 0 fully saturated rings. The van der Waals surface area contributed by atoms with Crippen LogP contribution in [-0.4, -0.2) is 29.2 Å². The highest BCUT2D eigenvalue weighted by Gasteiger charge is 2.21. The number of rotatable bonds is 5. The van der Waals surface area contributed by atoms with Gasteiger partial charge in [0.05, 0.1) is 6.04 Å². The van der Waals surface area contributed by atoms with E-state index < -0.39 is 0 Å². The summed E-state index contributed by atoms with van der Waals surface area (Å²) in [5, 5.41) is 15.6. The summed E-state index contributed by atoms with van der Waals surface area (Å²) in [7, 11) is 4.04. The lowest BCUT2D eigenvalue weighted by Gasteiger charge is -2.23. The van der Waals surface area contributed by atoms with E-state index in [4.69, 9.17) is 0 Å². The number of anilines is 2. The van der Waals surface area contributed by atoms with Gasteiger partial charge in [0.25, 0.3) is 0 Å². The molecule has 0 unspecified atom stereocenters. The summed E-state index contributed by atoms with van der Waals surface area (Å²) in [5.74, 6) is 0.950. The summed E-state index contributed by atoms with van der Waals surface area (Å²) in [5.41, 5.74) is 5.33. The van der Waals surface area contributed by atoms with E-state index in [0.717, 1.165) is 39.4 Å². The molecule has 4 aromatic rings. The molecule has 0 saturated carbocycles. The molecule has 30 heavy (non-hydrogen) atoms. The van der Waals surface area contributed by atoms with Crippen LogP contribution in [0.3, 0.4) is 0 Å². The van der Waals surface area contributed by atoms with E-state index in [2.05, 4.69) is 44.5 Å². The van der Waals surface area contributed by atoms with Crippen LogP contribution >= 0.6 is 0 Å². The average Bonchev–Trinajstić information content (AvgIpc) is 2.73. The summed E-state index contributed by atoms with van der Waals surface area (Å²) in [6, 6.07) is 21.8. The van der Waals surface area contributed by atoms with E-state index >= 15 is 0 Å². The predicted molar refractivity (Wildman–Crippen MR) is 123 cm³/mol. The second kappa shape index (κ2) is 8.03. The minimum atomic E-state index is -0.276. The van der Waals surface area contributed by atoms with E-state index in [1.54, 1.807) is 0 Å². The van der Waals surface area contributed by atoms with Crippen molar-refractivity contribution in [2.75, 3.05) is 24.3 Å². The zero-order chi connectivity index (χ0) is 21.3. The third-order valence-corrected chi connectivity index (χ3v) is 5.24. The largest absolute Gasteiger partial charge is 0.505 e. The fraction of sp³-hybridized carbons (Fsp3) is 0.200. The normalized spacial score (nSPS) is 12.0. The summed E-state index contributed by atoms with van der Waals surface area (Å²) < 4.78 is 0. The number of benzene rings is 2. The maximum Gasteiger partial charge on any atom is 0.147 e. The molecule has 5 heteroatoms. The molecule has 0 radical (unpaired) electrons. The first kappa shape index (κ1) is 19.7. The molecule has 5 nitrogen and oxygen atoms in total. The van der Waals surface area contributed by atoms with Gasteiger partial charge in [0.15, 0.2) is 0 Å². The van der Waals surface area contributed by atoms with E-state index in [-0.39, 0.29) is 11.8 Å². The highest BCUT2D eigenvalue weighted by molar-refractivity contribution is 5.86. The Labute approximate surface area is 177 Å². The van der Waals surface area contributed by atoms with Crippen LogP contribution in [0.5, 0.6) is 5.75 Å². The van der Waals surface area contributed by atoms with Crippen LogP contribution < -0.4 is 10.2 Å². The smallest absolute Gasteiger partial charge is 0.147 e. The van der Waals surface area contributed by atoms with Crippen LogP contribution in [0.25, 0.3) is 10.9 Å². The quantitative estimate of drug-likeness (QED) is 0.483. The number of pyridine rings is 2. The number of hydrogen-bond donors (Lipinski definition) is 2. The van der Waals surface area contributed by atoms with Gasteiger partial charge in [-0.05, 0) is 49.7 Å². The lowest BCUT2D eigenvalue weighted by Crippen LogP contribution is -2.15. The van der Waals surface area contributed by atoms with Gasteiger partial charge in [-0.25, -0.2) is 9.97 Å². The summed E-state index contributed by atoms with van der Waals surface area (Å²) in [4.78, 5) is 11.2. The van der Waals surface area contributed by atoms with Gasteiger partial charge in [-0.2, -0.15) is 0 Å². The first-order chi connectivity index (χ1) is 14.4. The van der Waals surface area contributed by atoms with Crippen LogP contribution in [0.15, 0.2) is 66.7 Å². The number of aromatic hydroxyl groups is 1. The third kappa shape index (κ3) is 3.92. The number of phenols is 1. The van der Waals surface area contributed by atoms with Crippen molar-refractivity contribution in [3.05, 3.63) is 89.2 Å².